The van der Waals surface area contributed by atoms with Crippen molar-refractivity contribution in [3.05, 3.63) is 30.2 Å². The highest BCUT2D eigenvalue weighted by molar-refractivity contribution is 5.62. The Bertz CT molecular complexity index is 442. The Kier molecular flexibility index (Phi) is 1.96. The van der Waals surface area contributed by atoms with E-state index in [0.717, 1.165) is 17.0 Å². The number of hydrogen-bond acceptors (Lipinski definition) is 3. The van der Waals surface area contributed by atoms with Crippen molar-refractivity contribution in [2.45, 2.75) is 6.92 Å². The average molecular weight is 188 g/mol. The largest absolute Gasteiger partial charge is 0.397 e. The van der Waals surface area contributed by atoms with Crippen LogP contribution < -0.4 is 5.73 Å². The third-order valence-electron chi connectivity index (χ3n) is 2.30. The zero-order valence-corrected chi connectivity index (χ0v) is 8.23. The van der Waals surface area contributed by atoms with Gasteiger partial charge in [0, 0.05) is 18.3 Å². The molecule has 0 bridgehead atoms. The maximum absolute atomic E-state index is 5.56. The van der Waals surface area contributed by atoms with Crippen LogP contribution in [0.1, 0.15) is 5.69 Å². The van der Waals surface area contributed by atoms with Crippen molar-refractivity contribution >= 4 is 5.69 Å². The fourth-order valence-electron chi connectivity index (χ4n) is 1.31. The van der Waals surface area contributed by atoms with Gasteiger partial charge in [-0.05, 0) is 19.1 Å². The van der Waals surface area contributed by atoms with Gasteiger partial charge in [0.05, 0.1) is 23.8 Å². The summed E-state index contributed by atoms with van der Waals surface area (Å²) in [6, 6.07) is 3.74. The Labute approximate surface area is 82.4 Å². The van der Waals surface area contributed by atoms with E-state index in [1.165, 1.54) is 0 Å². The molecular weight excluding hydrogens is 176 g/mol. The molecule has 0 spiro atoms. The molecule has 2 N–H and O–H groups in total. The van der Waals surface area contributed by atoms with Crippen LogP contribution in [-0.4, -0.2) is 14.8 Å². The predicted molar refractivity (Wildman–Crippen MR) is 55.6 cm³/mol. The summed E-state index contributed by atoms with van der Waals surface area (Å²) in [6.07, 6.45) is 3.47. The number of nitrogen functional groups attached to an aromatic ring is 1. The molecule has 0 radical (unpaired) electrons. The van der Waals surface area contributed by atoms with E-state index in [1.807, 2.05) is 37.0 Å². The number of nitrogens with two attached hydrogens (primary N) is 1. The fourth-order valence-corrected chi connectivity index (χ4v) is 1.31. The Morgan fingerprint density at radius 1 is 1.29 bits per heavy atom. The average Bonchev–Trinajstić information content (AvgIpc) is 2.50. The fraction of sp³-hybridized carbons (Fsp3) is 0.200. The summed E-state index contributed by atoms with van der Waals surface area (Å²) in [5, 5.41) is 4.16. The first-order valence-electron chi connectivity index (χ1n) is 4.39. The topological polar surface area (TPSA) is 56.7 Å². The van der Waals surface area contributed by atoms with Crippen LogP contribution in [-0.2, 0) is 7.05 Å². The molecule has 0 fully saturated rings. The second-order valence-electron chi connectivity index (χ2n) is 3.24. The molecular formula is C10H12N4. The summed E-state index contributed by atoms with van der Waals surface area (Å²) in [5.74, 6) is 0. The minimum Gasteiger partial charge on any atom is -0.397 e. The second-order valence-corrected chi connectivity index (χ2v) is 3.24. The van der Waals surface area contributed by atoms with E-state index in [2.05, 4.69) is 10.1 Å². The van der Waals surface area contributed by atoms with Gasteiger partial charge in [-0.2, -0.15) is 5.10 Å². The number of rotatable bonds is 1. The molecule has 4 heteroatoms. The van der Waals surface area contributed by atoms with Crippen LogP contribution in [0.15, 0.2) is 24.5 Å². The van der Waals surface area contributed by atoms with Gasteiger partial charge >= 0.3 is 0 Å². The minimum absolute atomic E-state index is 0.676. The molecule has 0 atom stereocenters. The third kappa shape index (κ3) is 1.35. The Hall–Kier alpha value is -1.84. The van der Waals surface area contributed by atoms with Crippen molar-refractivity contribution < 1.29 is 0 Å². The van der Waals surface area contributed by atoms with Gasteiger partial charge in [-0.3, -0.25) is 9.67 Å². The molecule has 72 valence electrons. The van der Waals surface area contributed by atoms with E-state index in [1.54, 1.807) is 6.20 Å². The number of pyridine rings is 1. The van der Waals surface area contributed by atoms with E-state index in [4.69, 9.17) is 5.73 Å². The number of hydrogen-bond donors (Lipinski definition) is 1. The standard InChI is InChI=1S/C10H12N4/c1-7-9(6-13-14(7)2)10-4-3-8(11)5-12-10/h3-6H,11H2,1-2H3. The first-order chi connectivity index (χ1) is 6.68. The van der Waals surface area contributed by atoms with E-state index < -0.39 is 0 Å². The lowest BCUT2D eigenvalue weighted by Gasteiger charge is -2.00. The molecule has 2 aromatic rings. The molecule has 0 aliphatic rings. The van der Waals surface area contributed by atoms with Crippen molar-refractivity contribution in [2.75, 3.05) is 5.73 Å². The summed E-state index contributed by atoms with van der Waals surface area (Å²) in [7, 11) is 1.91. The van der Waals surface area contributed by atoms with Crippen LogP contribution in [0.3, 0.4) is 0 Å². The Morgan fingerprint density at radius 2 is 2.07 bits per heavy atom. The molecule has 2 rings (SSSR count). The van der Waals surface area contributed by atoms with Crippen molar-refractivity contribution in [3.8, 4) is 11.3 Å². The lowest BCUT2D eigenvalue weighted by atomic mass is 10.2. The third-order valence-corrected chi connectivity index (χ3v) is 2.30. The van der Waals surface area contributed by atoms with Gasteiger partial charge in [-0.25, -0.2) is 0 Å². The zero-order chi connectivity index (χ0) is 10.1. The molecule has 0 unspecified atom stereocenters. The maximum atomic E-state index is 5.56. The van der Waals surface area contributed by atoms with Crippen molar-refractivity contribution in [1.29, 1.82) is 0 Å². The smallest absolute Gasteiger partial charge is 0.0737 e. The number of nitrogens with zero attached hydrogens (tertiary/aromatic N) is 3. The van der Waals surface area contributed by atoms with E-state index in [-0.39, 0.29) is 0 Å². The maximum Gasteiger partial charge on any atom is 0.0737 e. The molecule has 4 nitrogen and oxygen atoms in total. The monoisotopic (exact) mass is 188 g/mol. The summed E-state index contributed by atoms with van der Waals surface area (Å²) in [5.41, 5.74) is 9.30. The lowest BCUT2D eigenvalue weighted by Crippen LogP contribution is -1.93. The first kappa shape index (κ1) is 8.74. The zero-order valence-electron chi connectivity index (χ0n) is 8.23. The molecule has 0 saturated carbocycles. The quantitative estimate of drug-likeness (QED) is 0.735. The van der Waals surface area contributed by atoms with Crippen molar-refractivity contribution in [1.82, 2.24) is 14.8 Å². The van der Waals surface area contributed by atoms with Gasteiger partial charge in [0.1, 0.15) is 0 Å². The van der Waals surface area contributed by atoms with E-state index in [9.17, 15) is 0 Å². The normalized spacial score (nSPS) is 10.4. The van der Waals surface area contributed by atoms with E-state index >= 15 is 0 Å². The summed E-state index contributed by atoms with van der Waals surface area (Å²) >= 11 is 0. The highest BCUT2D eigenvalue weighted by atomic mass is 15.3. The minimum atomic E-state index is 0.676. The van der Waals surface area contributed by atoms with Gasteiger partial charge in [0.25, 0.3) is 0 Å². The molecule has 14 heavy (non-hydrogen) atoms. The molecule has 0 aliphatic heterocycles. The molecule has 0 aliphatic carbocycles. The van der Waals surface area contributed by atoms with Gasteiger partial charge in [0.15, 0.2) is 0 Å². The Balaban J connectivity index is 2.49. The molecule has 0 saturated heterocycles. The van der Waals surface area contributed by atoms with Gasteiger partial charge in [-0.15, -0.1) is 0 Å². The Morgan fingerprint density at radius 3 is 2.57 bits per heavy atom. The SMILES string of the molecule is Cc1c(-c2ccc(N)cn2)cnn1C. The highest BCUT2D eigenvalue weighted by Crippen LogP contribution is 2.20. The molecule has 0 aromatic carbocycles. The summed E-state index contributed by atoms with van der Waals surface area (Å²) < 4.78 is 1.83. The summed E-state index contributed by atoms with van der Waals surface area (Å²) in [4.78, 5) is 4.24. The molecule has 2 heterocycles. The van der Waals surface area contributed by atoms with Crippen LogP contribution in [0.25, 0.3) is 11.3 Å². The molecule has 2 aromatic heterocycles. The first-order valence-corrected chi connectivity index (χ1v) is 4.39. The van der Waals surface area contributed by atoms with Crippen LogP contribution >= 0.6 is 0 Å². The van der Waals surface area contributed by atoms with Crippen molar-refractivity contribution in [3.63, 3.8) is 0 Å². The highest BCUT2D eigenvalue weighted by Gasteiger charge is 2.06. The lowest BCUT2D eigenvalue weighted by molar-refractivity contribution is 0.740. The second kappa shape index (κ2) is 3.14. The van der Waals surface area contributed by atoms with Crippen LogP contribution in [0.2, 0.25) is 0 Å². The number of aromatic nitrogens is 3. The van der Waals surface area contributed by atoms with Crippen LogP contribution in [0, 0.1) is 6.92 Å². The predicted octanol–water partition coefficient (Wildman–Crippen LogP) is 1.37. The number of anilines is 1. The van der Waals surface area contributed by atoms with Crippen LogP contribution in [0.5, 0.6) is 0 Å². The number of aryl methyl sites for hydroxylation is 1. The molecule has 0 amide bonds. The van der Waals surface area contributed by atoms with Crippen molar-refractivity contribution in [2.24, 2.45) is 7.05 Å². The van der Waals surface area contributed by atoms with E-state index in [0.29, 0.717) is 5.69 Å². The van der Waals surface area contributed by atoms with Gasteiger partial charge in [0.2, 0.25) is 0 Å². The van der Waals surface area contributed by atoms with Crippen LogP contribution in [0.4, 0.5) is 5.69 Å². The van der Waals surface area contributed by atoms with Gasteiger partial charge < -0.3 is 5.73 Å². The summed E-state index contributed by atoms with van der Waals surface area (Å²) in [6.45, 7) is 2.01. The van der Waals surface area contributed by atoms with Gasteiger partial charge in [-0.1, -0.05) is 0 Å².